The summed E-state index contributed by atoms with van der Waals surface area (Å²) in [6.45, 7) is 6.77. The molecule has 0 aliphatic carbocycles. The van der Waals surface area contributed by atoms with Crippen molar-refractivity contribution in [2.75, 3.05) is 11.4 Å². The highest BCUT2D eigenvalue weighted by molar-refractivity contribution is 5.97. The van der Waals surface area contributed by atoms with Crippen LogP contribution in [0.1, 0.15) is 27.7 Å². The third-order valence-electron chi connectivity index (χ3n) is 2.32. The number of anilines is 1. The molecule has 0 saturated heterocycles. The quantitative estimate of drug-likeness (QED) is 0.910. The molecule has 0 atom stereocenters. The number of benzene rings is 1. The lowest BCUT2D eigenvalue weighted by Crippen LogP contribution is -2.47. The Kier molecular flexibility index (Phi) is 4.64. The molecule has 0 bridgehead atoms. The van der Waals surface area contributed by atoms with Crippen molar-refractivity contribution in [2.24, 2.45) is 0 Å². The molecule has 104 valence electrons. The van der Waals surface area contributed by atoms with Gasteiger partial charge in [-0.1, -0.05) is 6.07 Å². The molecule has 1 aromatic rings. The van der Waals surface area contributed by atoms with Crippen molar-refractivity contribution in [1.82, 2.24) is 5.32 Å². The van der Waals surface area contributed by atoms with Crippen LogP contribution in [-0.4, -0.2) is 23.9 Å². The molecule has 1 rings (SSSR count). The van der Waals surface area contributed by atoms with Crippen molar-refractivity contribution < 1.29 is 14.0 Å². The van der Waals surface area contributed by atoms with Crippen LogP contribution >= 0.6 is 0 Å². The highest BCUT2D eigenvalue weighted by atomic mass is 19.1. The van der Waals surface area contributed by atoms with Gasteiger partial charge in [0.25, 0.3) is 0 Å². The Morgan fingerprint density at radius 2 is 1.95 bits per heavy atom. The Bertz CT molecular complexity index is 481. The predicted molar refractivity (Wildman–Crippen MR) is 72.3 cm³/mol. The fourth-order valence-corrected chi connectivity index (χ4v) is 1.63. The minimum absolute atomic E-state index is 0.129. The minimum atomic E-state index is -0.444. The maximum atomic E-state index is 13.2. The Balaban J connectivity index is 2.85. The second-order valence-corrected chi connectivity index (χ2v) is 5.38. The fourth-order valence-electron chi connectivity index (χ4n) is 1.63. The maximum absolute atomic E-state index is 13.2. The minimum Gasteiger partial charge on any atom is -0.350 e. The van der Waals surface area contributed by atoms with Crippen LogP contribution in [0.25, 0.3) is 0 Å². The number of amides is 2. The summed E-state index contributed by atoms with van der Waals surface area (Å²) >= 11 is 0. The van der Waals surface area contributed by atoms with Crippen LogP contribution < -0.4 is 10.2 Å². The van der Waals surface area contributed by atoms with E-state index in [9.17, 15) is 14.0 Å². The number of hydrogen-bond donors (Lipinski definition) is 1. The molecule has 2 amide bonds. The van der Waals surface area contributed by atoms with Crippen molar-refractivity contribution in [1.29, 1.82) is 0 Å². The lowest BCUT2D eigenvalue weighted by atomic mass is 10.1. The van der Waals surface area contributed by atoms with Gasteiger partial charge in [-0.3, -0.25) is 9.59 Å². The Morgan fingerprint density at radius 3 is 2.42 bits per heavy atom. The summed E-state index contributed by atoms with van der Waals surface area (Å²) in [5.41, 5.74) is -0.00172. The third-order valence-corrected chi connectivity index (χ3v) is 2.32. The van der Waals surface area contributed by atoms with E-state index >= 15 is 0 Å². The van der Waals surface area contributed by atoms with Crippen molar-refractivity contribution in [3.63, 3.8) is 0 Å². The summed E-state index contributed by atoms with van der Waals surface area (Å²) in [4.78, 5) is 24.7. The zero-order chi connectivity index (χ0) is 14.6. The number of nitrogens with zero attached hydrogens (tertiary/aromatic N) is 1. The SMILES string of the molecule is CC(=O)N(CC(=O)NC(C)(C)C)c1cccc(F)c1. The fraction of sp³-hybridized carbons (Fsp3) is 0.429. The van der Waals surface area contributed by atoms with Gasteiger partial charge < -0.3 is 10.2 Å². The molecular weight excluding hydrogens is 247 g/mol. The average Bonchev–Trinajstić information content (AvgIpc) is 2.23. The molecule has 5 heteroatoms. The number of rotatable bonds is 3. The zero-order valence-corrected chi connectivity index (χ0v) is 11.7. The van der Waals surface area contributed by atoms with Gasteiger partial charge in [0.05, 0.1) is 0 Å². The van der Waals surface area contributed by atoms with E-state index in [1.807, 2.05) is 20.8 Å². The third kappa shape index (κ3) is 5.07. The van der Waals surface area contributed by atoms with Gasteiger partial charge in [-0.05, 0) is 39.0 Å². The van der Waals surface area contributed by atoms with Gasteiger partial charge in [-0.2, -0.15) is 0 Å². The molecule has 0 fully saturated rings. The highest BCUT2D eigenvalue weighted by Crippen LogP contribution is 2.15. The zero-order valence-electron chi connectivity index (χ0n) is 11.7. The first-order valence-corrected chi connectivity index (χ1v) is 6.04. The molecule has 0 spiro atoms. The van der Waals surface area contributed by atoms with E-state index in [2.05, 4.69) is 5.32 Å². The lowest BCUT2D eigenvalue weighted by Gasteiger charge is -2.25. The first kappa shape index (κ1) is 15.1. The molecule has 0 radical (unpaired) electrons. The summed E-state index contributed by atoms with van der Waals surface area (Å²) in [7, 11) is 0. The molecule has 4 nitrogen and oxygen atoms in total. The van der Waals surface area contributed by atoms with E-state index in [-0.39, 0.29) is 23.9 Å². The summed E-state index contributed by atoms with van der Waals surface area (Å²) in [6.07, 6.45) is 0. The van der Waals surface area contributed by atoms with Gasteiger partial charge in [0.2, 0.25) is 11.8 Å². The summed E-state index contributed by atoms with van der Waals surface area (Å²) < 4.78 is 13.2. The molecule has 0 aliphatic heterocycles. The summed E-state index contributed by atoms with van der Waals surface area (Å²) in [5.74, 6) is -1.04. The number of nitrogens with one attached hydrogen (secondary N) is 1. The maximum Gasteiger partial charge on any atom is 0.240 e. The smallest absolute Gasteiger partial charge is 0.240 e. The molecule has 1 N–H and O–H groups in total. The largest absolute Gasteiger partial charge is 0.350 e. The van der Waals surface area contributed by atoms with E-state index in [0.717, 1.165) is 0 Å². The van der Waals surface area contributed by atoms with Crippen LogP contribution in [0.5, 0.6) is 0 Å². The van der Waals surface area contributed by atoms with Crippen molar-refractivity contribution in [2.45, 2.75) is 33.2 Å². The number of hydrogen-bond acceptors (Lipinski definition) is 2. The van der Waals surface area contributed by atoms with Gasteiger partial charge in [0.1, 0.15) is 12.4 Å². The monoisotopic (exact) mass is 266 g/mol. The van der Waals surface area contributed by atoms with E-state index in [1.165, 1.54) is 30.0 Å². The normalized spacial score (nSPS) is 11.0. The first-order chi connectivity index (χ1) is 8.69. The number of carbonyl (C=O) groups excluding carboxylic acids is 2. The molecular formula is C14H19FN2O2. The van der Waals surface area contributed by atoms with Crippen molar-refractivity contribution in [3.05, 3.63) is 30.1 Å². The van der Waals surface area contributed by atoms with Gasteiger partial charge in [0, 0.05) is 18.2 Å². The van der Waals surface area contributed by atoms with E-state index in [4.69, 9.17) is 0 Å². The van der Waals surface area contributed by atoms with E-state index in [1.54, 1.807) is 6.07 Å². The van der Waals surface area contributed by atoms with E-state index in [0.29, 0.717) is 5.69 Å². The second-order valence-electron chi connectivity index (χ2n) is 5.38. The summed E-state index contributed by atoms with van der Waals surface area (Å²) in [6, 6.07) is 5.61. The number of carbonyl (C=O) groups is 2. The van der Waals surface area contributed by atoms with Crippen LogP contribution in [0.15, 0.2) is 24.3 Å². The van der Waals surface area contributed by atoms with Crippen LogP contribution in [0.3, 0.4) is 0 Å². The Morgan fingerprint density at radius 1 is 1.32 bits per heavy atom. The van der Waals surface area contributed by atoms with E-state index < -0.39 is 5.82 Å². The lowest BCUT2D eigenvalue weighted by molar-refractivity contribution is -0.124. The average molecular weight is 266 g/mol. The second kappa shape index (κ2) is 5.82. The van der Waals surface area contributed by atoms with Gasteiger partial charge >= 0.3 is 0 Å². The van der Waals surface area contributed by atoms with Crippen LogP contribution in [0, 0.1) is 5.82 Å². The molecule has 19 heavy (non-hydrogen) atoms. The van der Waals surface area contributed by atoms with Gasteiger partial charge in [-0.15, -0.1) is 0 Å². The molecule has 0 aromatic heterocycles. The molecule has 1 aromatic carbocycles. The highest BCUT2D eigenvalue weighted by Gasteiger charge is 2.19. The molecule has 0 heterocycles. The Hall–Kier alpha value is -1.91. The summed E-state index contributed by atoms with van der Waals surface area (Å²) in [5, 5.41) is 2.76. The van der Waals surface area contributed by atoms with Gasteiger partial charge in [-0.25, -0.2) is 4.39 Å². The predicted octanol–water partition coefficient (Wildman–Crippen LogP) is 2.09. The van der Waals surface area contributed by atoms with Crippen LogP contribution in [0.4, 0.5) is 10.1 Å². The van der Waals surface area contributed by atoms with Crippen molar-refractivity contribution in [3.8, 4) is 0 Å². The Labute approximate surface area is 112 Å². The molecule has 0 aliphatic rings. The molecule has 0 unspecified atom stereocenters. The topological polar surface area (TPSA) is 49.4 Å². The van der Waals surface area contributed by atoms with Crippen molar-refractivity contribution >= 4 is 17.5 Å². The first-order valence-electron chi connectivity index (χ1n) is 6.04. The number of halogens is 1. The standard InChI is InChI=1S/C14H19FN2O2/c1-10(18)17(9-13(19)16-14(2,3)4)12-7-5-6-11(15)8-12/h5-8H,9H2,1-4H3,(H,16,19). The van der Waals surface area contributed by atoms with Gasteiger partial charge in [0.15, 0.2) is 0 Å². The van der Waals surface area contributed by atoms with Crippen LogP contribution in [-0.2, 0) is 9.59 Å². The molecule has 0 saturated carbocycles. The van der Waals surface area contributed by atoms with Crippen LogP contribution in [0.2, 0.25) is 0 Å².